The van der Waals surface area contributed by atoms with E-state index in [1.54, 1.807) is 11.3 Å². The highest BCUT2D eigenvalue weighted by Gasteiger charge is 2.06. The summed E-state index contributed by atoms with van der Waals surface area (Å²) >= 11 is 1.64. The molecule has 1 aromatic rings. The summed E-state index contributed by atoms with van der Waals surface area (Å²) in [7, 11) is 0. The van der Waals surface area contributed by atoms with E-state index in [0.29, 0.717) is 12.5 Å². The summed E-state index contributed by atoms with van der Waals surface area (Å²) in [5.41, 5.74) is 6.21. The van der Waals surface area contributed by atoms with Gasteiger partial charge >= 0.3 is 0 Å². The third-order valence-corrected chi connectivity index (χ3v) is 3.00. The number of hydrogen-bond acceptors (Lipinski definition) is 3. The van der Waals surface area contributed by atoms with Gasteiger partial charge in [0.15, 0.2) is 0 Å². The van der Waals surface area contributed by atoms with E-state index in [1.807, 2.05) is 11.4 Å². The Morgan fingerprint density at radius 2 is 2.50 bits per heavy atom. The highest BCUT2D eigenvalue weighted by Crippen LogP contribution is 2.25. The predicted octanol–water partition coefficient (Wildman–Crippen LogP) is 2.07. The fourth-order valence-electron chi connectivity index (χ4n) is 1.06. The van der Waals surface area contributed by atoms with Crippen LogP contribution in [0, 0.1) is 11.3 Å². The van der Waals surface area contributed by atoms with E-state index in [-0.39, 0.29) is 0 Å². The highest BCUT2D eigenvalue weighted by molar-refractivity contribution is 7.10. The molecule has 0 radical (unpaired) electrons. The predicted molar refractivity (Wildman–Crippen MR) is 51.1 cm³/mol. The van der Waals surface area contributed by atoms with E-state index in [0.717, 1.165) is 12.0 Å². The number of nitrogens with two attached hydrogens (primary N) is 1. The van der Waals surface area contributed by atoms with Gasteiger partial charge in [-0.1, -0.05) is 6.92 Å². The van der Waals surface area contributed by atoms with Crippen molar-refractivity contribution < 1.29 is 0 Å². The quantitative estimate of drug-likeness (QED) is 0.774. The lowest BCUT2D eigenvalue weighted by atomic mass is 10.1. The summed E-state index contributed by atoms with van der Waals surface area (Å²) in [6.07, 6.45) is 0.991. The lowest BCUT2D eigenvalue weighted by Gasteiger charge is -2.05. The van der Waals surface area contributed by atoms with Crippen molar-refractivity contribution in [1.29, 1.82) is 5.26 Å². The summed E-state index contributed by atoms with van der Waals surface area (Å²) in [6.45, 7) is 2.85. The van der Waals surface area contributed by atoms with Gasteiger partial charge in [0.05, 0.1) is 5.56 Å². The molecule has 0 saturated heterocycles. The second-order valence-electron chi connectivity index (χ2n) is 2.83. The normalized spacial score (nSPS) is 12.4. The summed E-state index contributed by atoms with van der Waals surface area (Å²) in [5, 5.41) is 10.5. The lowest BCUT2D eigenvalue weighted by molar-refractivity contribution is 0.701. The Balaban J connectivity index is 2.69. The summed E-state index contributed by atoms with van der Waals surface area (Å²) in [6, 6.07) is 4.07. The minimum absolute atomic E-state index is 0.488. The molecule has 1 aromatic heterocycles. The second-order valence-corrected chi connectivity index (χ2v) is 3.77. The fourth-order valence-corrected chi connectivity index (χ4v) is 1.99. The molecule has 0 aliphatic heterocycles. The van der Waals surface area contributed by atoms with Crippen molar-refractivity contribution in [1.82, 2.24) is 0 Å². The smallest absolute Gasteiger partial charge is 0.100 e. The second kappa shape index (κ2) is 4.24. The largest absolute Gasteiger partial charge is 0.330 e. The molecular formula is C9H12N2S. The zero-order valence-electron chi connectivity index (χ0n) is 7.08. The van der Waals surface area contributed by atoms with Crippen LogP contribution >= 0.6 is 11.3 Å². The summed E-state index contributed by atoms with van der Waals surface area (Å²) < 4.78 is 0. The van der Waals surface area contributed by atoms with E-state index >= 15 is 0 Å². The standard InChI is InChI=1S/C9H12N2S/c1-7(2-3-10)9-4-8(5-11)6-12-9/h4,6-7H,2-3,10H2,1H3. The average molecular weight is 180 g/mol. The van der Waals surface area contributed by atoms with Gasteiger partial charge in [0.25, 0.3) is 0 Å². The number of thiophene rings is 1. The Morgan fingerprint density at radius 1 is 1.75 bits per heavy atom. The zero-order valence-corrected chi connectivity index (χ0v) is 7.90. The Labute approximate surface area is 76.6 Å². The molecule has 0 amide bonds. The van der Waals surface area contributed by atoms with Crippen LogP contribution in [-0.4, -0.2) is 6.54 Å². The molecule has 0 aliphatic carbocycles. The molecule has 0 spiro atoms. The summed E-state index contributed by atoms with van der Waals surface area (Å²) in [4.78, 5) is 1.26. The molecule has 2 N–H and O–H groups in total. The van der Waals surface area contributed by atoms with Crippen molar-refractivity contribution in [2.75, 3.05) is 6.54 Å². The van der Waals surface area contributed by atoms with Gasteiger partial charge in [-0.25, -0.2) is 0 Å². The maximum atomic E-state index is 8.59. The van der Waals surface area contributed by atoms with Gasteiger partial charge in [0, 0.05) is 10.3 Å². The first kappa shape index (κ1) is 9.24. The lowest BCUT2D eigenvalue weighted by Crippen LogP contribution is -2.03. The molecule has 2 nitrogen and oxygen atoms in total. The van der Waals surface area contributed by atoms with Crippen molar-refractivity contribution in [3.8, 4) is 6.07 Å². The van der Waals surface area contributed by atoms with E-state index in [9.17, 15) is 0 Å². The Hall–Kier alpha value is -0.850. The molecule has 0 fully saturated rings. The first-order chi connectivity index (χ1) is 5.77. The van der Waals surface area contributed by atoms with Crippen LogP contribution in [0.4, 0.5) is 0 Å². The maximum absolute atomic E-state index is 8.59. The molecule has 0 aromatic carbocycles. The maximum Gasteiger partial charge on any atom is 0.100 e. The van der Waals surface area contributed by atoms with Crippen LogP contribution < -0.4 is 5.73 Å². The molecule has 3 heteroatoms. The van der Waals surface area contributed by atoms with E-state index < -0.39 is 0 Å². The first-order valence-electron chi connectivity index (χ1n) is 3.96. The van der Waals surface area contributed by atoms with Crippen LogP contribution in [0.15, 0.2) is 11.4 Å². The highest BCUT2D eigenvalue weighted by atomic mass is 32.1. The molecular weight excluding hydrogens is 168 g/mol. The van der Waals surface area contributed by atoms with Gasteiger partial charge in [0.2, 0.25) is 0 Å². The molecule has 1 unspecified atom stereocenters. The molecule has 0 saturated carbocycles. The van der Waals surface area contributed by atoms with E-state index in [4.69, 9.17) is 11.0 Å². The van der Waals surface area contributed by atoms with Gasteiger partial charge in [-0.15, -0.1) is 11.3 Å². The minimum atomic E-state index is 0.488. The molecule has 1 atom stereocenters. The molecule has 0 bridgehead atoms. The minimum Gasteiger partial charge on any atom is -0.330 e. The van der Waals surface area contributed by atoms with Gasteiger partial charge < -0.3 is 5.73 Å². The number of hydrogen-bond donors (Lipinski definition) is 1. The van der Waals surface area contributed by atoms with Crippen LogP contribution in [0.2, 0.25) is 0 Å². The van der Waals surface area contributed by atoms with Gasteiger partial charge in [-0.2, -0.15) is 5.26 Å². The molecule has 64 valence electrons. The molecule has 1 rings (SSSR count). The van der Waals surface area contributed by atoms with E-state index in [1.165, 1.54) is 4.88 Å². The van der Waals surface area contributed by atoms with Crippen LogP contribution in [0.3, 0.4) is 0 Å². The van der Waals surface area contributed by atoms with Crippen molar-refractivity contribution in [2.24, 2.45) is 5.73 Å². The van der Waals surface area contributed by atoms with Crippen LogP contribution in [-0.2, 0) is 0 Å². The van der Waals surface area contributed by atoms with Gasteiger partial charge in [0.1, 0.15) is 6.07 Å². The molecule has 1 heterocycles. The zero-order chi connectivity index (χ0) is 8.97. The Kier molecular flexibility index (Phi) is 3.27. The number of nitriles is 1. The van der Waals surface area contributed by atoms with Crippen LogP contribution in [0.5, 0.6) is 0 Å². The Bertz CT molecular complexity index is 285. The van der Waals surface area contributed by atoms with Crippen LogP contribution in [0.25, 0.3) is 0 Å². The topological polar surface area (TPSA) is 49.8 Å². The SMILES string of the molecule is CC(CCN)c1cc(C#N)cs1. The molecule has 0 aliphatic rings. The number of nitrogens with zero attached hydrogens (tertiary/aromatic N) is 1. The average Bonchev–Trinajstić information content (AvgIpc) is 2.52. The number of rotatable bonds is 3. The molecule has 12 heavy (non-hydrogen) atoms. The van der Waals surface area contributed by atoms with Gasteiger partial charge in [-0.3, -0.25) is 0 Å². The first-order valence-corrected chi connectivity index (χ1v) is 4.84. The monoisotopic (exact) mass is 180 g/mol. The Morgan fingerprint density at radius 3 is 3.00 bits per heavy atom. The van der Waals surface area contributed by atoms with Crippen molar-refractivity contribution >= 4 is 11.3 Å². The summed E-state index contributed by atoms with van der Waals surface area (Å²) in [5.74, 6) is 0.488. The third-order valence-electron chi connectivity index (χ3n) is 1.83. The fraction of sp³-hybridized carbons (Fsp3) is 0.444. The third kappa shape index (κ3) is 2.07. The van der Waals surface area contributed by atoms with Crippen LogP contribution in [0.1, 0.15) is 29.7 Å². The van der Waals surface area contributed by atoms with Crippen molar-refractivity contribution in [3.05, 3.63) is 21.9 Å². The van der Waals surface area contributed by atoms with Crippen molar-refractivity contribution in [2.45, 2.75) is 19.3 Å². The van der Waals surface area contributed by atoms with Crippen molar-refractivity contribution in [3.63, 3.8) is 0 Å². The van der Waals surface area contributed by atoms with E-state index in [2.05, 4.69) is 13.0 Å². The van der Waals surface area contributed by atoms with Gasteiger partial charge in [-0.05, 0) is 24.9 Å².